The summed E-state index contributed by atoms with van der Waals surface area (Å²) in [5, 5.41) is 2.81. The summed E-state index contributed by atoms with van der Waals surface area (Å²) in [6, 6.07) is 0.0244. The van der Waals surface area contributed by atoms with Crippen LogP contribution >= 0.6 is 0 Å². The average Bonchev–Trinajstić information content (AvgIpc) is 2.09. The van der Waals surface area contributed by atoms with Gasteiger partial charge in [-0.2, -0.15) is 0 Å². The minimum atomic E-state index is -0.255. The third-order valence-electron chi connectivity index (χ3n) is 2.29. The average molecular weight is 186 g/mol. The number of hydrogen-bond acceptors (Lipinski definition) is 2. The van der Waals surface area contributed by atoms with E-state index in [1.807, 2.05) is 13.8 Å². The molecule has 1 fully saturated rings. The lowest BCUT2D eigenvalue weighted by molar-refractivity contribution is -0.000914. The molecule has 4 heteroatoms. The SMILES string of the molecule is COC(C)(C)CN1CCCNC1=O. The van der Waals surface area contributed by atoms with E-state index in [4.69, 9.17) is 4.74 Å². The van der Waals surface area contributed by atoms with Gasteiger partial charge in [-0.05, 0) is 20.3 Å². The maximum Gasteiger partial charge on any atom is 0.317 e. The van der Waals surface area contributed by atoms with Crippen LogP contribution in [0.5, 0.6) is 0 Å². The fourth-order valence-electron chi connectivity index (χ4n) is 1.35. The van der Waals surface area contributed by atoms with Crippen LogP contribution in [0.3, 0.4) is 0 Å². The lowest BCUT2D eigenvalue weighted by Crippen LogP contribution is -2.51. The molecule has 0 spiro atoms. The Morgan fingerprint density at radius 1 is 1.62 bits per heavy atom. The normalized spacial score (nSPS) is 18.7. The number of nitrogens with zero attached hydrogens (tertiary/aromatic N) is 1. The Kier molecular flexibility index (Phi) is 3.14. The van der Waals surface area contributed by atoms with Crippen molar-refractivity contribution in [2.45, 2.75) is 25.9 Å². The van der Waals surface area contributed by atoms with E-state index in [0.29, 0.717) is 6.54 Å². The molecule has 0 bridgehead atoms. The van der Waals surface area contributed by atoms with E-state index < -0.39 is 0 Å². The molecule has 1 rings (SSSR count). The molecule has 0 aromatic heterocycles. The fraction of sp³-hybridized carbons (Fsp3) is 0.889. The first-order valence-corrected chi connectivity index (χ1v) is 4.63. The van der Waals surface area contributed by atoms with Crippen LogP contribution in [0.1, 0.15) is 20.3 Å². The highest BCUT2D eigenvalue weighted by Gasteiger charge is 2.25. The van der Waals surface area contributed by atoms with Gasteiger partial charge in [-0.1, -0.05) is 0 Å². The van der Waals surface area contributed by atoms with Gasteiger partial charge in [-0.15, -0.1) is 0 Å². The fourth-order valence-corrected chi connectivity index (χ4v) is 1.35. The third-order valence-corrected chi connectivity index (χ3v) is 2.29. The molecule has 0 aliphatic carbocycles. The largest absolute Gasteiger partial charge is 0.377 e. The van der Waals surface area contributed by atoms with Crippen LogP contribution in [0, 0.1) is 0 Å². The number of hydrogen-bond donors (Lipinski definition) is 1. The Balaban J connectivity index is 2.47. The molecule has 0 aromatic carbocycles. The van der Waals surface area contributed by atoms with Crippen molar-refractivity contribution in [3.63, 3.8) is 0 Å². The minimum absolute atomic E-state index is 0.0244. The summed E-state index contributed by atoms with van der Waals surface area (Å²) in [7, 11) is 1.67. The van der Waals surface area contributed by atoms with Gasteiger partial charge in [0.15, 0.2) is 0 Å². The summed E-state index contributed by atoms with van der Waals surface area (Å²) < 4.78 is 5.27. The third kappa shape index (κ3) is 2.88. The smallest absolute Gasteiger partial charge is 0.317 e. The highest BCUT2D eigenvalue weighted by atomic mass is 16.5. The molecule has 0 saturated carbocycles. The van der Waals surface area contributed by atoms with Gasteiger partial charge in [-0.3, -0.25) is 0 Å². The molecule has 2 amide bonds. The van der Waals surface area contributed by atoms with Crippen molar-refractivity contribution in [1.82, 2.24) is 10.2 Å². The van der Waals surface area contributed by atoms with Crippen molar-refractivity contribution < 1.29 is 9.53 Å². The molecule has 0 atom stereocenters. The minimum Gasteiger partial charge on any atom is -0.377 e. The number of methoxy groups -OCH3 is 1. The van der Waals surface area contributed by atoms with Crippen molar-refractivity contribution in [2.75, 3.05) is 26.7 Å². The Morgan fingerprint density at radius 3 is 2.85 bits per heavy atom. The summed E-state index contributed by atoms with van der Waals surface area (Å²) in [4.78, 5) is 13.1. The van der Waals surface area contributed by atoms with Gasteiger partial charge in [0, 0.05) is 20.2 Å². The molecule has 1 aliphatic heterocycles. The number of ether oxygens (including phenoxy) is 1. The molecule has 13 heavy (non-hydrogen) atoms. The number of amides is 2. The van der Waals surface area contributed by atoms with Gasteiger partial charge in [0.25, 0.3) is 0 Å². The van der Waals surface area contributed by atoms with E-state index >= 15 is 0 Å². The van der Waals surface area contributed by atoms with Crippen molar-refractivity contribution in [3.8, 4) is 0 Å². The molecule has 0 radical (unpaired) electrons. The van der Waals surface area contributed by atoms with E-state index in [9.17, 15) is 4.79 Å². The van der Waals surface area contributed by atoms with Crippen molar-refractivity contribution in [2.24, 2.45) is 0 Å². The molecule has 76 valence electrons. The van der Waals surface area contributed by atoms with Crippen LogP contribution in [0.15, 0.2) is 0 Å². The summed E-state index contributed by atoms with van der Waals surface area (Å²) >= 11 is 0. The molecule has 0 aromatic rings. The molecule has 1 heterocycles. The van der Waals surface area contributed by atoms with Gasteiger partial charge in [0.05, 0.1) is 12.1 Å². The molecule has 1 aliphatic rings. The van der Waals surface area contributed by atoms with E-state index in [2.05, 4.69) is 5.32 Å². The summed E-state index contributed by atoms with van der Waals surface area (Å²) in [6.07, 6.45) is 1.02. The van der Waals surface area contributed by atoms with Gasteiger partial charge < -0.3 is 15.0 Å². The second-order valence-electron chi connectivity index (χ2n) is 3.97. The standard InChI is InChI=1S/C9H18N2O2/c1-9(2,13-3)7-11-6-4-5-10-8(11)12/h4-7H2,1-3H3,(H,10,12). The van der Waals surface area contributed by atoms with Crippen molar-refractivity contribution in [1.29, 1.82) is 0 Å². The first kappa shape index (κ1) is 10.3. The van der Waals surface area contributed by atoms with Crippen LogP contribution in [0.4, 0.5) is 4.79 Å². The highest BCUT2D eigenvalue weighted by Crippen LogP contribution is 2.11. The van der Waals surface area contributed by atoms with Crippen LogP contribution < -0.4 is 5.32 Å². The maximum atomic E-state index is 11.3. The maximum absolute atomic E-state index is 11.3. The van der Waals surface area contributed by atoms with Crippen LogP contribution in [-0.2, 0) is 4.74 Å². The quantitative estimate of drug-likeness (QED) is 0.709. The summed E-state index contributed by atoms with van der Waals surface area (Å²) in [6.45, 7) is 6.24. The highest BCUT2D eigenvalue weighted by molar-refractivity contribution is 5.74. The van der Waals surface area contributed by atoms with E-state index in [-0.39, 0.29) is 11.6 Å². The van der Waals surface area contributed by atoms with E-state index in [1.165, 1.54) is 0 Å². The first-order chi connectivity index (χ1) is 6.05. The zero-order chi connectivity index (χ0) is 9.90. The van der Waals surface area contributed by atoms with E-state index in [0.717, 1.165) is 19.5 Å². The lowest BCUT2D eigenvalue weighted by atomic mass is 10.1. The Morgan fingerprint density at radius 2 is 2.31 bits per heavy atom. The number of urea groups is 1. The van der Waals surface area contributed by atoms with Crippen LogP contribution in [0.2, 0.25) is 0 Å². The van der Waals surface area contributed by atoms with Crippen molar-refractivity contribution in [3.05, 3.63) is 0 Å². The zero-order valence-electron chi connectivity index (χ0n) is 8.59. The number of carbonyl (C=O) groups is 1. The van der Waals surface area contributed by atoms with Gasteiger partial charge in [0.1, 0.15) is 0 Å². The van der Waals surface area contributed by atoms with Gasteiger partial charge >= 0.3 is 6.03 Å². The van der Waals surface area contributed by atoms with Gasteiger partial charge in [0.2, 0.25) is 0 Å². The molecule has 1 N–H and O–H groups in total. The number of carbonyl (C=O) groups excluding carboxylic acids is 1. The van der Waals surface area contributed by atoms with Gasteiger partial charge in [-0.25, -0.2) is 4.79 Å². The molecule has 4 nitrogen and oxygen atoms in total. The number of nitrogens with one attached hydrogen (secondary N) is 1. The summed E-state index contributed by atoms with van der Waals surface area (Å²) in [5.41, 5.74) is -0.255. The predicted octanol–water partition coefficient (Wildman–Crippen LogP) is 0.827. The first-order valence-electron chi connectivity index (χ1n) is 4.63. The molecular formula is C9H18N2O2. The van der Waals surface area contributed by atoms with E-state index in [1.54, 1.807) is 12.0 Å². The second kappa shape index (κ2) is 3.96. The molecule has 1 saturated heterocycles. The van der Waals surface area contributed by atoms with Crippen molar-refractivity contribution >= 4 is 6.03 Å². The summed E-state index contributed by atoms with van der Waals surface area (Å²) in [5.74, 6) is 0. The Hall–Kier alpha value is -0.770. The Labute approximate surface area is 79.2 Å². The Bertz CT molecular complexity index is 192. The second-order valence-corrected chi connectivity index (χ2v) is 3.97. The molecule has 0 unspecified atom stereocenters. The molecular weight excluding hydrogens is 168 g/mol. The zero-order valence-corrected chi connectivity index (χ0v) is 8.59. The number of rotatable bonds is 3. The van der Waals surface area contributed by atoms with Crippen LogP contribution in [0.25, 0.3) is 0 Å². The monoisotopic (exact) mass is 186 g/mol. The van der Waals surface area contributed by atoms with Crippen LogP contribution in [-0.4, -0.2) is 43.3 Å². The lowest BCUT2D eigenvalue weighted by Gasteiger charge is -2.34. The topological polar surface area (TPSA) is 41.6 Å². The predicted molar refractivity (Wildman–Crippen MR) is 50.7 cm³/mol.